The first-order valence-corrected chi connectivity index (χ1v) is 8.03. The predicted molar refractivity (Wildman–Crippen MR) is 88.3 cm³/mol. The molecule has 6 nitrogen and oxygen atoms in total. The smallest absolute Gasteiger partial charge is 0.321 e. The van der Waals surface area contributed by atoms with Crippen molar-refractivity contribution in [3.8, 4) is 5.75 Å². The lowest BCUT2D eigenvalue weighted by molar-refractivity contribution is 0.180. The van der Waals surface area contributed by atoms with Gasteiger partial charge in [-0.15, -0.1) is 0 Å². The van der Waals surface area contributed by atoms with E-state index in [0.717, 1.165) is 38.8 Å². The van der Waals surface area contributed by atoms with Gasteiger partial charge in [0.2, 0.25) is 0 Å². The van der Waals surface area contributed by atoms with Crippen molar-refractivity contribution < 1.29 is 9.90 Å². The highest BCUT2D eigenvalue weighted by Crippen LogP contribution is 2.23. The van der Waals surface area contributed by atoms with E-state index in [4.69, 9.17) is 0 Å². The van der Waals surface area contributed by atoms with Gasteiger partial charge in [-0.3, -0.25) is 5.10 Å². The first kappa shape index (κ1) is 15.4. The van der Waals surface area contributed by atoms with Crippen LogP contribution in [0.25, 0.3) is 0 Å². The molecule has 1 aliphatic heterocycles. The van der Waals surface area contributed by atoms with Crippen LogP contribution in [0.5, 0.6) is 5.75 Å². The summed E-state index contributed by atoms with van der Waals surface area (Å²) in [5.41, 5.74) is 1.95. The summed E-state index contributed by atoms with van der Waals surface area (Å²) in [5, 5.41) is 18.6. The minimum Gasteiger partial charge on any atom is -0.508 e. The van der Waals surface area contributed by atoms with Gasteiger partial charge in [-0.25, -0.2) is 4.79 Å². The second-order valence-corrected chi connectivity index (χ2v) is 6.05. The number of hydrogen-bond donors (Lipinski definition) is 3. The van der Waals surface area contributed by atoms with Gasteiger partial charge in [-0.1, -0.05) is 12.1 Å². The number of aromatic nitrogens is 2. The van der Waals surface area contributed by atoms with E-state index in [1.165, 1.54) is 5.56 Å². The summed E-state index contributed by atoms with van der Waals surface area (Å²) < 4.78 is 0. The number of likely N-dealkylation sites (tertiary alicyclic amines) is 1. The van der Waals surface area contributed by atoms with Crippen molar-refractivity contribution in [3.63, 3.8) is 0 Å². The molecule has 1 saturated heterocycles. The fourth-order valence-electron chi connectivity index (χ4n) is 2.98. The number of phenolic OH excluding ortho intramolecular Hbond substituents is 1. The van der Waals surface area contributed by atoms with Crippen molar-refractivity contribution in [2.45, 2.75) is 25.7 Å². The first-order valence-electron chi connectivity index (χ1n) is 8.03. The molecule has 2 heterocycles. The molecule has 2 amide bonds. The van der Waals surface area contributed by atoms with Gasteiger partial charge in [0.05, 0.1) is 11.9 Å². The number of anilines is 1. The van der Waals surface area contributed by atoms with E-state index >= 15 is 0 Å². The number of aromatic amines is 1. The number of aromatic hydroxyl groups is 1. The zero-order valence-corrected chi connectivity index (χ0v) is 13.0. The number of phenols is 1. The lowest BCUT2D eigenvalue weighted by atomic mass is 9.90. The van der Waals surface area contributed by atoms with Gasteiger partial charge in [0, 0.05) is 19.3 Å². The molecular weight excluding hydrogens is 292 g/mol. The molecule has 1 aliphatic rings. The average Bonchev–Trinajstić information content (AvgIpc) is 3.08. The molecule has 0 bridgehead atoms. The largest absolute Gasteiger partial charge is 0.508 e. The molecule has 0 aliphatic carbocycles. The van der Waals surface area contributed by atoms with Gasteiger partial charge >= 0.3 is 6.03 Å². The molecular formula is C17H22N4O2. The molecule has 0 atom stereocenters. The number of nitrogens with one attached hydrogen (secondary N) is 2. The second kappa shape index (κ2) is 7.17. The third kappa shape index (κ3) is 4.25. The van der Waals surface area contributed by atoms with Crippen LogP contribution in [-0.2, 0) is 6.42 Å². The van der Waals surface area contributed by atoms with Crippen molar-refractivity contribution in [2.75, 3.05) is 18.4 Å². The number of carbonyl (C=O) groups excluding carboxylic acids is 1. The van der Waals surface area contributed by atoms with E-state index in [1.807, 2.05) is 17.0 Å². The maximum Gasteiger partial charge on any atom is 0.321 e. The highest BCUT2D eigenvalue weighted by molar-refractivity contribution is 5.89. The summed E-state index contributed by atoms with van der Waals surface area (Å²) in [7, 11) is 0. The minimum absolute atomic E-state index is 0.0524. The zero-order valence-electron chi connectivity index (χ0n) is 13.0. The van der Waals surface area contributed by atoms with Crippen molar-refractivity contribution in [1.29, 1.82) is 0 Å². The second-order valence-electron chi connectivity index (χ2n) is 6.05. The van der Waals surface area contributed by atoms with Crippen molar-refractivity contribution in [2.24, 2.45) is 5.92 Å². The summed E-state index contributed by atoms with van der Waals surface area (Å²) in [6, 6.07) is 7.37. The van der Waals surface area contributed by atoms with Crippen molar-refractivity contribution >= 4 is 11.7 Å². The fourth-order valence-corrected chi connectivity index (χ4v) is 2.98. The number of urea groups is 1. The third-order valence-electron chi connectivity index (χ3n) is 4.43. The number of nitrogens with zero attached hydrogens (tertiary/aromatic N) is 2. The van der Waals surface area contributed by atoms with Crippen molar-refractivity contribution in [1.82, 2.24) is 15.1 Å². The molecule has 0 unspecified atom stereocenters. The Balaban J connectivity index is 1.41. The van der Waals surface area contributed by atoms with Crippen LogP contribution in [0.3, 0.4) is 0 Å². The fraction of sp³-hybridized carbons (Fsp3) is 0.412. The van der Waals surface area contributed by atoms with E-state index in [1.54, 1.807) is 24.5 Å². The molecule has 122 valence electrons. The first-order chi connectivity index (χ1) is 11.2. The molecule has 1 aromatic carbocycles. The van der Waals surface area contributed by atoms with Crippen LogP contribution in [0, 0.1) is 5.92 Å². The topological polar surface area (TPSA) is 81.2 Å². The number of carbonyl (C=O) groups is 1. The molecule has 1 aromatic heterocycles. The maximum absolute atomic E-state index is 12.1. The molecule has 0 spiro atoms. The Morgan fingerprint density at radius 3 is 2.70 bits per heavy atom. The predicted octanol–water partition coefficient (Wildman–Crippen LogP) is 2.99. The van der Waals surface area contributed by atoms with E-state index in [0.29, 0.717) is 17.4 Å². The third-order valence-corrected chi connectivity index (χ3v) is 4.43. The van der Waals surface area contributed by atoms with Crippen LogP contribution < -0.4 is 5.32 Å². The molecule has 3 N–H and O–H groups in total. The summed E-state index contributed by atoms with van der Waals surface area (Å²) in [4.78, 5) is 14.0. The van der Waals surface area contributed by atoms with Crippen LogP contribution in [0.4, 0.5) is 10.5 Å². The number of benzene rings is 1. The van der Waals surface area contributed by atoms with Gasteiger partial charge in [0.15, 0.2) is 0 Å². The summed E-state index contributed by atoms with van der Waals surface area (Å²) in [6.07, 6.45) is 7.49. The van der Waals surface area contributed by atoms with E-state index in [9.17, 15) is 9.90 Å². The van der Waals surface area contributed by atoms with Gasteiger partial charge < -0.3 is 15.3 Å². The number of hydrogen-bond acceptors (Lipinski definition) is 3. The van der Waals surface area contributed by atoms with Gasteiger partial charge in [-0.2, -0.15) is 5.10 Å². The Morgan fingerprint density at radius 1 is 1.30 bits per heavy atom. The minimum atomic E-state index is -0.0524. The lowest BCUT2D eigenvalue weighted by Gasteiger charge is -2.32. The van der Waals surface area contributed by atoms with Crippen LogP contribution in [0.1, 0.15) is 24.8 Å². The average molecular weight is 314 g/mol. The molecule has 1 fully saturated rings. The van der Waals surface area contributed by atoms with Crippen LogP contribution in [0.2, 0.25) is 0 Å². The summed E-state index contributed by atoms with van der Waals surface area (Å²) in [6.45, 7) is 1.59. The van der Waals surface area contributed by atoms with E-state index < -0.39 is 0 Å². The molecule has 2 aromatic rings. The van der Waals surface area contributed by atoms with E-state index in [-0.39, 0.29) is 6.03 Å². The highest BCUT2D eigenvalue weighted by atomic mass is 16.3. The Bertz CT molecular complexity index is 617. The van der Waals surface area contributed by atoms with Gasteiger partial charge in [0.25, 0.3) is 0 Å². The molecule has 3 rings (SSSR count). The molecule has 0 radical (unpaired) electrons. The maximum atomic E-state index is 12.1. The lowest BCUT2D eigenvalue weighted by Crippen LogP contribution is -2.41. The number of H-pyrrole nitrogens is 1. The van der Waals surface area contributed by atoms with Crippen molar-refractivity contribution in [3.05, 3.63) is 42.2 Å². The van der Waals surface area contributed by atoms with Crippen LogP contribution in [0.15, 0.2) is 36.7 Å². The Kier molecular flexibility index (Phi) is 4.80. The molecule has 6 heteroatoms. The zero-order chi connectivity index (χ0) is 16.1. The summed E-state index contributed by atoms with van der Waals surface area (Å²) in [5.74, 6) is 0.965. The van der Waals surface area contributed by atoms with Gasteiger partial charge in [0.1, 0.15) is 5.75 Å². The Morgan fingerprint density at radius 2 is 2.04 bits per heavy atom. The number of amides is 2. The molecule has 23 heavy (non-hydrogen) atoms. The number of rotatable bonds is 4. The standard InChI is InChI=1S/C17H22N4O2/c22-16-5-3-13(4-6-16)1-2-14-7-9-21(10-8-14)17(23)20-15-11-18-19-12-15/h3-6,11-12,14,22H,1-2,7-10H2,(H,18,19)(H,20,23). The SMILES string of the molecule is O=C(Nc1cn[nH]c1)N1CCC(CCc2ccc(O)cc2)CC1. The summed E-state index contributed by atoms with van der Waals surface area (Å²) >= 11 is 0. The number of piperidine rings is 1. The highest BCUT2D eigenvalue weighted by Gasteiger charge is 2.22. The van der Waals surface area contributed by atoms with Crippen LogP contribution >= 0.6 is 0 Å². The molecule has 0 saturated carbocycles. The quantitative estimate of drug-likeness (QED) is 0.811. The normalized spacial score (nSPS) is 15.6. The van der Waals surface area contributed by atoms with Crippen LogP contribution in [-0.4, -0.2) is 39.3 Å². The Hall–Kier alpha value is -2.50. The van der Waals surface area contributed by atoms with E-state index in [2.05, 4.69) is 15.5 Å². The van der Waals surface area contributed by atoms with Gasteiger partial charge in [-0.05, 0) is 49.3 Å². The Labute approximate surface area is 135 Å². The monoisotopic (exact) mass is 314 g/mol. The number of aryl methyl sites for hydroxylation is 1.